The zero-order chi connectivity index (χ0) is 19.2. The van der Waals surface area contributed by atoms with Gasteiger partial charge in [-0.15, -0.1) is 0 Å². The second-order valence-electron chi connectivity index (χ2n) is 6.54. The Hall–Kier alpha value is -3.14. The number of pyridine rings is 1. The van der Waals surface area contributed by atoms with Crippen LogP contribution in [0.5, 0.6) is 11.5 Å². The van der Waals surface area contributed by atoms with Crippen LogP contribution in [0.2, 0.25) is 0 Å². The molecule has 0 fully saturated rings. The molecule has 3 rings (SSSR count). The first-order valence-corrected chi connectivity index (χ1v) is 9.21. The van der Waals surface area contributed by atoms with E-state index in [1.165, 1.54) is 5.56 Å². The van der Waals surface area contributed by atoms with Crippen molar-refractivity contribution < 1.29 is 14.1 Å². The Balaban J connectivity index is 1.67. The molecule has 0 radical (unpaired) electrons. The molecule has 0 aliphatic rings. The maximum absolute atomic E-state index is 12.7. The van der Waals surface area contributed by atoms with Crippen molar-refractivity contribution in [2.45, 2.75) is 33.2 Å². The highest BCUT2D eigenvalue weighted by atomic mass is 16.5. The highest BCUT2D eigenvalue weighted by molar-refractivity contribution is 5.92. The topological polar surface area (TPSA) is 42.2 Å². The minimum Gasteiger partial charge on any atom is -0.457 e. The second-order valence-corrected chi connectivity index (χ2v) is 6.54. The Bertz CT molecular complexity index is 905. The Morgan fingerprint density at radius 2 is 1.67 bits per heavy atom. The minimum atomic E-state index is -0.295. The number of nitrogens with zero attached hydrogens (tertiary/aromatic N) is 1. The summed E-state index contributed by atoms with van der Waals surface area (Å²) in [6, 6.07) is 20.9. The number of hydrogen-bond donors (Lipinski definition) is 1. The lowest BCUT2D eigenvalue weighted by atomic mass is 10.1. The number of benzene rings is 2. The first kappa shape index (κ1) is 18.6. The average Bonchev–Trinajstić information content (AvgIpc) is 2.70. The van der Waals surface area contributed by atoms with E-state index in [0.717, 1.165) is 29.3 Å². The molecule has 4 nitrogen and oxygen atoms in total. The molecule has 2 aromatic carbocycles. The molecule has 4 heteroatoms. The lowest BCUT2D eigenvalue weighted by Crippen LogP contribution is -2.47. The number of rotatable bonds is 6. The van der Waals surface area contributed by atoms with Crippen LogP contribution in [0, 0.1) is 6.92 Å². The number of aromatic nitrogens is 1. The number of aryl methyl sites for hydroxylation is 2. The van der Waals surface area contributed by atoms with Gasteiger partial charge in [0.05, 0.1) is 0 Å². The van der Waals surface area contributed by atoms with Crippen molar-refractivity contribution in [3.05, 3.63) is 84.2 Å². The van der Waals surface area contributed by atoms with E-state index in [1.807, 2.05) is 73.0 Å². The molecule has 0 unspecified atom stereocenters. The maximum Gasteiger partial charge on any atom is 0.293 e. The SMILES string of the molecule is CCc1ccc(C)[n+]([C@@H](C)C(=O)Nc2ccc(Oc3ccccc3)cc2)c1. The van der Waals surface area contributed by atoms with Gasteiger partial charge in [0, 0.05) is 31.2 Å². The summed E-state index contributed by atoms with van der Waals surface area (Å²) in [5.74, 6) is 1.46. The molecule has 0 aliphatic carbocycles. The molecule has 1 aromatic heterocycles. The summed E-state index contributed by atoms with van der Waals surface area (Å²) in [6.45, 7) is 6.03. The van der Waals surface area contributed by atoms with Crippen LogP contribution in [-0.4, -0.2) is 5.91 Å². The Morgan fingerprint density at radius 3 is 2.33 bits per heavy atom. The van der Waals surface area contributed by atoms with Gasteiger partial charge >= 0.3 is 0 Å². The lowest BCUT2D eigenvalue weighted by molar-refractivity contribution is -0.711. The van der Waals surface area contributed by atoms with Gasteiger partial charge in [0.25, 0.3) is 5.91 Å². The average molecular weight is 361 g/mol. The third-order valence-corrected chi connectivity index (χ3v) is 4.56. The fourth-order valence-electron chi connectivity index (χ4n) is 2.87. The first-order valence-electron chi connectivity index (χ1n) is 9.21. The summed E-state index contributed by atoms with van der Waals surface area (Å²) in [4.78, 5) is 12.7. The monoisotopic (exact) mass is 361 g/mol. The number of para-hydroxylation sites is 1. The van der Waals surface area contributed by atoms with Crippen LogP contribution in [0.3, 0.4) is 0 Å². The summed E-state index contributed by atoms with van der Waals surface area (Å²) in [6.07, 6.45) is 2.99. The molecular weight excluding hydrogens is 336 g/mol. The number of carbonyl (C=O) groups excluding carboxylic acids is 1. The number of carbonyl (C=O) groups is 1. The molecule has 0 aliphatic heterocycles. The molecule has 0 saturated carbocycles. The van der Waals surface area contributed by atoms with E-state index < -0.39 is 0 Å². The van der Waals surface area contributed by atoms with E-state index in [2.05, 4.69) is 30.6 Å². The zero-order valence-electron chi connectivity index (χ0n) is 16.0. The molecule has 0 saturated heterocycles. The van der Waals surface area contributed by atoms with Gasteiger partial charge in [-0.3, -0.25) is 4.79 Å². The van der Waals surface area contributed by atoms with Gasteiger partial charge < -0.3 is 10.1 Å². The van der Waals surface area contributed by atoms with Crippen LogP contribution in [0.15, 0.2) is 72.9 Å². The van der Waals surface area contributed by atoms with Gasteiger partial charge in [0.1, 0.15) is 11.5 Å². The highest BCUT2D eigenvalue weighted by Gasteiger charge is 2.24. The zero-order valence-corrected chi connectivity index (χ0v) is 16.0. The summed E-state index contributed by atoms with van der Waals surface area (Å²) < 4.78 is 7.79. The van der Waals surface area contributed by atoms with Gasteiger partial charge in [-0.25, -0.2) is 0 Å². The van der Waals surface area contributed by atoms with E-state index in [4.69, 9.17) is 4.74 Å². The summed E-state index contributed by atoms with van der Waals surface area (Å²) in [7, 11) is 0. The van der Waals surface area contributed by atoms with Crippen molar-refractivity contribution in [1.29, 1.82) is 0 Å². The smallest absolute Gasteiger partial charge is 0.293 e. The van der Waals surface area contributed by atoms with Crippen molar-refractivity contribution in [2.24, 2.45) is 0 Å². The third kappa shape index (κ3) is 4.73. The van der Waals surface area contributed by atoms with Gasteiger partial charge in [-0.05, 0) is 48.9 Å². The van der Waals surface area contributed by atoms with Crippen LogP contribution in [0.1, 0.15) is 31.1 Å². The molecular formula is C23H25N2O2+. The van der Waals surface area contributed by atoms with E-state index >= 15 is 0 Å². The number of amides is 1. The molecule has 1 amide bonds. The quantitative estimate of drug-likeness (QED) is 0.639. The predicted octanol–water partition coefficient (Wildman–Crippen LogP) is 4.84. The van der Waals surface area contributed by atoms with Gasteiger partial charge in [-0.2, -0.15) is 4.57 Å². The number of anilines is 1. The Morgan fingerprint density at radius 1 is 1.00 bits per heavy atom. The van der Waals surface area contributed by atoms with Crippen molar-refractivity contribution in [3.8, 4) is 11.5 Å². The van der Waals surface area contributed by atoms with Crippen molar-refractivity contribution in [1.82, 2.24) is 0 Å². The Labute approximate surface area is 160 Å². The van der Waals surface area contributed by atoms with Crippen molar-refractivity contribution >= 4 is 11.6 Å². The van der Waals surface area contributed by atoms with Crippen molar-refractivity contribution in [2.75, 3.05) is 5.32 Å². The van der Waals surface area contributed by atoms with E-state index in [0.29, 0.717) is 0 Å². The molecule has 1 atom stereocenters. The fraction of sp³-hybridized carbons (Fsp3) is 0.217. The summed E-state index contributed by atoms with van der Waals surface area (Å²) >= 11 is 0. The number of nitrogens with one attached hydrogen (secondary N) is 1. The number of ether oxygens (including phenoxy) is 1. The van der Waals surface area contributed by atoms with E-state index in [9.17, 15) is 4.79 Å². The predicted molar refractivity (Wildman–Crippen MR) is 107 cm³/mol. The van der Waals surface area contributed by atoms with Crippen LogP contribution >= 0.6 is 0 Å². The fourth-order valence-corrected chi connectivity index (χ4v) is 2.87. The number of hydrogen-bond acceptors (Lipinski definition) is 2. The molecule has 0 bridgehead atoms. The van der Waals surface area contributed by atoms with Crippen molar-refractivity contribution in [3.63, 3.8) is 0 Å². The van der Waals surface area contributed by atoms with Gasteiger partial charge in [0.15, 0.2) is 11.9 Å². The highest BCUT2D eigenvalue weighted by Crippen LogP contribution is 2.22. The van der Waals surface area contributed by atoms with Crippen LogP contribution < -0.4 is 14.6 Å². The third-order valence-electron chi connectivity index (χ3n) is 4.56. The van der Waals surface area contributed by atoms with Crippen LogP contribution in [0.4, 0.5) is 5.69 Å². The molecule has 3 aromatic rings. The lowest BCUT2D eigenvalue weighted by Gasteiger charge is -2.12. The summed E-state index contributed by atoms with van der Waals surface area (Å²) in [5.41, 5.74) is 3.02. The molecule has 138 valence electrons. The minimum absolute atomic E-state index is 0.0481. The second kappa shape index (κ2) is 8.49. The van der Waals surface area contributed by atoms with E-state index in [1.54, 1.807) is 0 Å². The van der Waals surface area contributed by atoms with Crippen LogP contribution in [-0.2, 0) is 11.2 Å². The van der Waals surface area contributed by atoms with Gasteiger partial charge in [0.2, 0.25) is 6.04 Å². The van der Waals surface area contributed by atoms with Crippen LogP contribution in [0.25, 0.3) is 0 Å². The van der Waals surface area contributed by atoms with E-state index in [-0.39, 0.29) is 11.9 Å². The normalized spacial score (nSPS) is 11.7. The molecule has 1 N–H and O–H groups in total. The summed E-state index contributed by atoms with van der Waals surface area (Å²) in [5, 5.41) is 2.98. The Kier molecular flexibility index (Phi) is 5.87. The molecule has 27 heavy (non-hydrogen) atoms. The maximum atomic E-state index is 12.7. The molecule has 0 spiro atoms. The standard InChI is InChI=1S/C23H24N2O2/c1-4-19-11-10-17(2)25(16-19)18(3)23(26)24-20-12-14-22(15-13-20)27-21-8-6-5-7-9-21/h5-16,18H,4H2,1-3H3/p+1/t18-/m0/s1. The molecule has 1 heterocycles. The van der Waals surface area contributed by atoms with Gasteiger partial charge in [-0.1, -0.05) is 25.1 Å². The largest absolute Gasteiger partial charge is 0.457 e. The first-order chi connectivity index (χ1) is 13.1.